The number of hydrogen-bond donors (Lipinski definition) is 1. The van der Waals surface area contributed by atoms with E-state index in [1.165, 1.54) is 0 Å². The molecule has 0 saturated heterocycles. The molecule has 7 nitrogen and oxygen atoms in total. The maximum atomic E-state index is 6.04. The molecule has 2 heterocycles. The van der Waals surface area contributed by atoms with Crippen molar-refractivity contribution in [2.75, 3.05) is 12.8 Å². The number of aromatic nitrogens is 4. The molecule has 0 aliphatic rings. The molecule has 142 valence electrons. The summed E-state index contributed by atoms with van der Waals surface area (Å²) in [7, 11) is 1.75. The number of anilines is 1. The molecule has 0 radical (unpaired) electrons. The molecule has 0 aliphatic heterocycles. The largest absolute Gasteiger partial charge is 0.414 e. The minimum atomic E-state index is 0.235. The van der Waals surface area contributed by atoms with Crippen LogP contribution in [0.15, 0.2) is 58.1 Å². The van der Waals surface area contributed by atoms with E-state index in [4.69, 9.17) is 10.2 Å². The van der Waals surface area contributed by atoms with Crippen molar-refractivity contribution in [3.8, 4) is 22.8 Å². The molecule has 7 heteroatoms. The first kappa shape index (κ1) is 19.2. The van der Waals surface area contributed by atoms with E-state index in [-0.39, 0.29) is 11.7 Å². The number of allylic oxidation sites excluding steroid dienone is 4. The predicted molar refractivity (Wildman–Crippen MR) is 112 cm³/mol. The van der Waals surface area contributed by atoms with Crippen LogP contribution in [0, 0.1) is 0 Å². The van der Waals surface area contributed by atoms with Crippen molar-refractivity contribution in [3.05, 3.63) is 60.1 Å². The van der Waals surface area contributed by atoms with Gasteiger partial charge in [0.1, 0.15) is 0 Å². The van der Waals surface area contributed by atoms with Crippen LogP contribution < -0.4 is 5.73 Å². The first-order valence-corrected chi connectivity index (χ1v) is 8.92. The second kappa shape index (κ2) is 8.85. The van der Waals surface area contributed by atoms with Crippen molar-refractivity contribution < 1.29 is 4.42 Å². The number of nitrogens with zero attached hydrogens (tertiary/aromatic N) is 5. The summed E-state index contributed by atoms with van der Waals surface area (Å²) in [5.41, 5.74) is 9.97. The van der Waals surface area contributed by atoms with E-state index in [0.29, 0.717) is 23.7 Å². The first-order valence-electron chi connectivity index (χ1n) is 8.92. The van der Waals surface area contributed by atoms with Gasteiger partial charge in [-0.3, -0.25) is 0 Å². The van der Waals surface area contributed by atoms with Crippen molar-refractivity contribution in [2.45, 2.75) is 20.3 Å². The van der Waals surface area contributed by atoms with Gasteiger partial charge in [0.05, 0.1) is 11.9 Å². The van der Waals surface area contributed by atoms with E-state index >= 15 is 0 Å². The molecule has 0 atom stereocenters. The van der Waals surface area contributed by atoms with Gasteiger partial charge < -0.3 is 15.1 Å². The van der Waals surface area contributed by atoms with Crippen LogP contribution in [0.1, 0.15) is 25.3 Å². The van der Waals surface area contributed by atoms with Gasteiger partial charge in [0.2, 0.25) is 5.89 Å². The molecule has 0 unspecified atom stereocenters. The zero-order valence-corrected chi connectivity index (χ0v) is 16.1. The van der Waals surface area contributed by atoms with Gasteiger partial charge in [-0.05, 0) is 19.4 Å². The zero-order chi connectivity index (χ0) is 19.9. The van der Waals surface area contributed by atoms with Gasteiger partial charge in [-0.1, -0.05) is 42.5 Å². The van der Waals surface area contributed by atoms with E-state index in [2.05, 4.69) is 25.2 Å². The molecule has 0 saturated carbocycles. The van der Waals surface area contributed by atoms with Crippen molar-refractivity contribution in [1.29, 1.82) is 0 Å². The number of aliphatic imine (C=N–C) groups is 1. The second-order valence-corrected chi connectivity index (χ2v) is 5.95. The third kappa shape index (κ3) is 4.03. The highest BCUT2D eigenvalue weighted by Crippen LogP contribution is 2.28. The summed E-state index contributed by atoms with van der Waals surface area (Å²) < 4.78 is 5.80. The summed E-state index contributed by atoms with van der Waals surface area (Å²) in [5.74, 6) is 0.875. The minimum Gasteiger partial charge on any atom is -0.414 e. The highest BCUT2D eigenvalue weighted by atomic mass is 16.4. The van der Waals surface area contributed by atoms with Gasteiger partial charge in [-0.25, -0.2) is 9.97 Å². The lowest BCUT2D eigenvalue weighted by molar-refractivity contribution is 0.552. The van der Waals surface area contributed by atoms with Crippen LogP contribution >= 0.6 is 0 Å². The molecule has 3 aromatic rings. The molecule has 3 rings (SSSR count). The highest BCUT2D eigenvalue weighted by Gasteiger charge is 2.17. The average Bonchev–Trinajstić information content (AvgIpc) is 3.21. The summed E-state index contributed by atoms with van der Waals surface area (Å²) in [4.78, 5) is 13.0. The van der Waals surface area contributed by atoms with Gasteiger partial charge in [-0.2, -0.15) is 0 Å². The Morgan fingerprint density at radius 3 is 2.79 bits per heavy atom. The second-order valence-electron chi connectivity index (χ2n) is 5.95. The van der Waals surface area contributed by atoms with Gasteiger partial charge >= 0.3 is 0 Å². The number of rotatable bonds is 6. The van der Waals surface area contributed by atoms with Crippen LogP contribution in [-0.2, 0) is 6.42 Å². The predicted octanol–water partition coefficient (Wildman–Crippen LogP) is 4.00. The smallest absolute Gasteiger partial charge is 0.270 e. The Hall–Kier alpha value is -3.61. The van der Waals surface area contributed by atoms with E-state index in [0.717, 1.165) is 16.7 Å². The van der Waals surface area contributed by atoms with Crippen LogP contribution in [0.4, 0.5) is 5.82 Å². The van der Waals surface area contributed by atoms with Crippen molar-refractivity contribution >= 4 is 17.6 Å². The lowest BCUT2D eigenvalue weighted by Crippen LogP contribution is -2.00. The fourth-order valence-corrected chi connectivity index (χ4v) is 2.73. The highest BCUT2D eigenvalue weighted by molar-refractivity contribution is 5.74. The van der Waals surface area contributed by atoms with Crippen LogP contribution in [0.3, 0.4) is 0 Å². The summed E-state index contributed by atoms with van der Waals surface area (Å²) >= 11 is 0. The van der Waals surface area contributed by atoms with Gasteiger partial charge in [0, 0.05) is 30.8 Å². The Bertz CT molecular complexity index is 1050. The summed E-state index contributed by atoms with van der Waals surface area (Å²) in [5, 5.41) is 8.22. The number of hydrogen-bond acceptors (Lipinski definition) is 7. The number of nitrogen functional groups attached to an aromatic ring is 1. The first-order chi connectivity index (χ1) is 13.7. The lowest BCUT2D eigenvalue weighted by atomic mass is 10.0. The quantitative estimate of drug-likeness (QED) is 0.517. The Kier molecular flexibility index (Phi) is 6.06. The van der Waals surface area contributed by atoms with E-state index in [1.54, 1.807) is 13.2 Å². The summed E-state index contributed by atoms with van der Waals surface area (Å²) in [6.45, 7) is 3.83. The van der Waals surface area contributed by atoms with Crippen LogP contribution in [-0.4, -0.2) is 33.4 Å². The molecular weight excluding hydrogens is 352 g/mol. The number of benzene rings is 1. The molecule has 2 N–H and O–H groups in total. The van der Waals surface area contributed by atoms with E-state index < -0.39 is 0 Å². The topological polar surface area (TPSA) is 103 Å². The average molecular weight is 374 g/mol. The van der Waals surface area contributed by atoms with Crippen molar-refractivity contribution in [2.24, 2.45) is 4.99 Å². The Morgan fingerprint density at radius 1 is 1.21 bits per heavy atom. The van der Waals surface area contributed by atoms with Crippen LogP contribution in [0.25, 0.3) is 28.4 Å². The fourth-order valence-electron chi connectivity index (χ4n) is 2.73. The van der Waals surface area contributed by atoms with Crippen LogP contribution in [0.2, 0.25) is 0 Å². The molecule has 0 bridgehead atoms. The maximum absolute atomic E-state index is 6.04. The van der Waals surface area contributed by atoms with Gasteiger partial charge in [0.15, 0.2) is 11.5 Å². The Morgan fingerprint density at radius 2 is 2.04 bits per heavy atom. The molecule has 2 aromatic heterocycles. The van der Waals surface area contributed by atoms with Gasteiger partial charge in [-0.15, -0.1) is 10.2 Å². The molecule has 0 spiro atoms. The minimum absolute atomic E-state index is 0.235. The molecule has 0 amide bonds. The van der Waals surface area contributed by atoms with Crippen LogP contribution in [0.5, 0.6) is 0 Å². The molecular formula is C21H22N6O. The summed E-state index contributed by atoms with van der Waals surface area (Å²) in [6, 6.07) is 7.97. The molecule has 1 aromatic carbocycles. The third-order valence-electron chi connectivity index (χ3n) is 4.12. The van der Waals surface area contributed by atoms with E-state index in [1.807, 2.05) is 62.6 Å². The maximum Gasteiger partial charge on any atom is 0.270 e. The van der Waals surface area contributed by atoms with Crippen molar-refractivity contribution in [3.63, 3.8) is 0 Å². The van der Waals surface area contributed by atoms with E-state index in [9.17, 15) is 0 Å². The zero-order valence-electron chi connectivity index (χ0n) is 16.1. The molecule has 0 fully saturated rings. The third-order valence-corrected chi connectivity index (χ3v) is 4.12. The Balaban J connectivity index is 2.04. The SMILES string of the molecule is C/C=C\C(=C/C)c1nnc(-c2nc(-c3ccccc3C/C=N\C)cnc2N)o1. The lowest BCUT2D eigenvalue weighted by Gasteiger charge is -2.08. The Labute approximate surface area is 163 Å². The monoisotopic (exact) mass is 374 g/mol. The standard InChI is InChI=1S/C21H22N6O/c1-4-8-14(5-2)20-26-27-21(28-20)18-19(22)24-13-17(25-18)16-10-7-6-9-15(16)11-12-23-3/h4-10,12-13H,11H2,1-3H3,(H2,22,24)/b8-4-,14-5+,23-12-. The normalized spacial score (nSPS) is 12.3. The summed E-state index contributed by atoms with van der Waals surface area (Å²) in [6.07, 6.45) is 9.91. The molecule has 28 heavy (non-hydrogen) atoms. The number of nitrogens with two attached hydrogens (primary N) is 1. The molecule has 0 aliphatic carbocycles. The van der Waals surface area contributed by atoms with Crippen molar-refractivity contribution in [1.82, 2.24) is 20.2 Å². The fraction of sp³-hybridized carbons (Fsp3) is 0.190. The van der Waals surface area contributed by atoms with Gasteiger partial charge in [0.25, 0.3) is 5.89 Å².